The van der Waals surface area contributed by atoms with Gasteiger partial charge in [0.25, 0.3) is 5.91 Å². The van der Waals surface area contributed by atoms with Crippen LogP contribution in [0.4, 0.5) is 5.69 Å². The first kappa shape index (κ1) is 26.4. The summed E-state index contributed by atoms with van der Waals surface area (Å²) in [5.74, 6) is 0.427. The lowest BCUT2D eigenvalue weighted by atomic mass is 10.1. The van der Waals surface area contributed by atoms with Gasteiger partial charge in [0.1, 0.15) is 18.0 Å². The predicted molar refractivity (Wildman–Crippen MR) is 150 cm³/mol. The molecule has 0 aliphatic carbocycles. The van der Waals surface area contributed by atoms with Crippen molar-refractivity contribution >= 4 is 51.8 Å². The number of fused-ring (bicyclic) bond motifs is 1. The Kier molecular flexibility index (Phi) is 8.25. The van der Waals surface area contributed by atoms with E-state index in [0.29, 0.717) is 36.3 Å². The zero-order chi connectivity index (χ0) is 26.5. The highest BCUT2D eigenvalue weighted by atomic mass is 32.1. The van der Waals surface area contributed by atoms with Gasteiger partial charge in [-0.1, -0.05) is 25.1 Å². The highest BCUT2D eigenvalue weighted by molar-refractivity contribution is 7.80. The number of carbonyl (C=O) groups is 2. The predicted octanol–water partition coefficient (Wildman–Crippen LogP) is 3.97. The molecule has 0 saturated carbocycles. The smallest absolute Gasteiger partial charge is 0.281 e. The summed E-state index contributed by atoms with van der Waals surface area (Å²) < 4.78 is 12.5. The molecule has 1 N–H and O–H groups in total. The van der Waals surface area contributed by atoms with Gasteiger partial charge in [0.15, 0.2) is 5.11 Å². The van der Waals surface area contributed by atoms with Crippen molar-refractivity contribution in [1.82, 2.24) is 14.8 Å². The molecule has 1 aliphatic heterocycles. The topological polar surface area (TPSA) is 76.0 Å². The molecule has 4 rings (SSSR count). The molecule has 194 valence electrons. The quantitative estimate of drug-likeness (QED) is 0.248. The Hall–Kier alpha value is -3.69. The molecule has 1 fully saturated rings. The van der Waals surface area contributed by atoms with Crippen LogP contribution in [0.2, 0.25) is 0 Å². The highest BCUT2D eigenvalue weighted by Gasteiger charge is 2.37. The van der Waals surface area contributed by atoms with Gasteiger partial charge < -0.3 is 24.3 Å². The van der Waals surface area contributed by atoms with Gasteiger partial charge in [0.05, 0.1) is 24.4 Å². The second kappa shape index (κ2) is 11.6. The first-order valence-electron chi connectivity index (χ1n) is 12.3. The number of amides is 2. The van der Waals surface area contributed by atoms with Crippen molar-refractivity contribution in [2.45, 2.75) is 26.8 Å². The van der Waals surface area contributed by atoms with E-state index in [1.165, 1.54) is 4.90 Å². The van der Waals surface area contributed by atoms with E-state index in [1.54, 1.807) is 19.1 Å². The maximum absolute atomic E-state index is 13.5. The molecule has 2 aromatic carbocycles. The Morgan fingerprint density at radius 2 is 1.89 bits per heavy atom. The molecule has 3 aromatic rings. The zero-order valence-electron chi connectivity index (χ0n) is 21.6. The molecule has 1 aromatic heterocycles. The van der Waals surface area contributed by atoms with Gasteiger partial charge in [-0.2, -0.15) is 0 Å². The first-order chi connectivity index (χ1) is 17.9. The van der Waals surface area contributed by atoms with Crippen LogP contribution < -0.4 is 15.0 Å². The standard InChI is InChI=1S/C28H32N4O4S/c1-5-19-8-7-9-23-20(17-31(26(19)23)18-25(33)29-14-15-35-4)16-24-27(34)32(28(37)30(24)3)21-10-12-22(13-11-21)36-6-2/h7-13,16-17H,5-6,14-15,18H2,1-4H3,(H,29,33)/b24-16-. The van der Waals surface area contributed by atoms with Gasteiger partial charge in [-0.15, -0.1) is 0 Å². The molecule has 0 spiro atoms. The number of likely N-dealkylation sites (N-methyl/N-ethyl adjacent to an activating group) is 1. The summed E-state index contributed by atoms with van der Waals surface area (Å²) in [6.45, 7) is 5.65. The second-order valence-electron chi connectivity index (χ2n) is 8.66. The number of hydrogen-bond acceptors (Lipinski definition) is 5. The Labute approximate surface area is 222 Å². The third-order valence-electron chi connectivity index (χ3n) is 6.30. The lowest BCUT2D eigenvalue weighted by Crippen LogP contribution is -2.31. The molecule has 0 unspecified atom stereocenters. The Bertz CT molecular complexity index is 1350. The average molecular weight is 521 g/mol. The molecule has 0 atom stereocenters. The van der Waals surface area contributed by atoms with Crippen LogP contribution in [0.3, 0.4) is 0 Å². The van der Waals surface area contributed by atoms with Crippen LogP contribution in [0.1, 0.15) is 25.0 Å². The monoisotopic (exact) mass is 520 g/mol. The van der Waals surface area contributed by atoms with Crippen LogP contribution in [-0.4, -0.2) is 60.3 Å². The molecule has 2 heterocycles. The fourth-order valence-corrected chi connectivity index (χ4v) is 4.77. The van der Waals surface area contributed by atoms with Gasteiger partial charge in [0, 0.05) is 37.8 Å². The van der Waals surface area contributed by atoms with Crippen molar-refractivity contribution in [2.24, 2.45) is 0 Å². The molecular weight excluding hydrogens is 488 g/mol. The van der Waals surface area contributed by atoms with E-state index in [1.807, 2.05) is 60.2 Å². The number of anilines is 1. The van der Waals surface area contributed by atoms with E-state index < -0.39 is 0 Å². The molecule has 1 saturated heterocycles. The SMILES string of the molecule is CCOc1ccc(N2C(=O)/C(=C/c3cn(CC(=O)NCCOC)c4c(CC)cccc34)N(C)C2=S)cc1. The number of nitrogens with one attached hydrogen (secondary N) is 1. The van der Waals surface area contributed by atoms with E-state index in [9.17, 15) is 9.59 Å². The number of methoxy groups -OCH3 is 1. The van der Waals surface area contributed by atoms with E-state index in [-0.39, 0.29) is 18.4 Å². The van der Waals surface area contributed by atoms with Gasteiger partial charge in [0.2, 0.25) is 5.91 Å². The third kappa shape index (κ3) is 5.38. The number of para-hydroxylation sites is 1. The summed E-state index contributed by atoms with van der Waals surface area (Å²) in [4.78, 5) is 29.4. The van der Waals surface area contributed by atoms with Crippen molar-refractivity contribution < 1.29 is 19.1 Å². The second-order valence-corrected chi connectivity index (χ2v) is 9.03. The van der Waals surface area contributed by atoms with Crippen molar-refractivity contribution in [3.8, 4) is 5.75 Å². The molecule has 2 amide bonds. The van der Waals surface area contributed by atoms with E-state index >= 15 is 0 Å². The summed E-state index contributed by atoms with van der Waals surface area (Å²) in [5, 5.41) is 4.25. The zero-order valence-corrected chi connectivity index (χ0v) is 22.4. The van der Waals surface area contributed by atoms with Crippen molar-refractivity contribution in [3.05, 3.63) is 65.5 Å². The van der Waals surface area contributed by atoms with Crippen LogP contribution in [0.5, 0.6) is 5.75 Å². The maximum Gasteiger partial charge on any atom is 0.281 e. The highest BCUT2D eigenvalue weighted by Crippen LogP contribution is 2.32. The number of ether oxygens (including phenoxy) is 2. The summed E-state index contributed by atoms with van der Waals surface area (Å²) in [6.07, 6.45) is 4.60. The van der Waals surface area contributed by atoms with Crippen LogP contribution >= 0.6 is 12.2 Å². The van der Waals surface area contributed by atoms with E-state index in [2.05, 4.69) is 18.3 Å². The fourth-order valence-electron chi connectivity index (χ4n) is 4.48. The summed E-state index contributed by atoms with van der Waals surface area (Å²) in [6, 6.07) is 13.4. The Morgan fingerprint density at radius 1 is 1.14 bits per heavy atom. The van der Waals surface area contributed by atoms with Crippen LogP contribution in [0.15, 0.2) is 54.4 Å². The Balaban J connectivity index is 1.70. The normalized spacial score (nSPS) is 14.8. The Morgan fingerprint density at radius 3 is 2.57 bits per heavy atom. The first-order valence-corrected chi connectivity index (χ1v) is 12.7. The summed E-state index contributed by atoms with van der Waals surface area (Å²) in [7, 11) is 3.39. The molecule has 9 heteroatoms. The van der Waals surface area contributed by atoms with E-state index in [4.69, 9.17) is 21.7 Å². The van der Waals surface area contributed by atoms with Gasteiger partial charge in [-0.3, -0.25) is 14.5 Å². The summed E-state index contributed by atoms with van der Waals surface area (Å²) in [5.41, 5.74) is 4.10. The number of aryl methyl sites for hydroxylation is 1. The van der Waals surface area contributed by atoms with Crippen LogP contribution in [0.25, 0.3) is 17.0 Å². The number of aromatic nitrogens is 1. The van der Waals surface area contributed by atoms with E-state index in [0.717, 1.165) is 34.2 Å². The lowest BCUT2D eigenvalue weighted by Gasteiger charge is -2.16. The lowest BCUT2D eigenvalue weighted by molar-refractivity contribution is -0.121. The van der Waals surface area contributed by atoms with Crippen molar-refractivity contribution in [1.29, 1.82) is 0 Å². The fraction of sp³-hybridized carbons (Fsp3) is 0.321. The molecule has 37 heavy (non-hydrogen) atoms. The molecule has 0 bridgehead atoms. The molecule has 0 radical (unpaired) electrons. The molecular formula is C28H32N4O4S. The third-order valence-corrected chi connectivity index (χ3v) is 6.75. The van der Waals surface area contributed by atoms with Crippen molar-refractivity contribution in [2.75, 3.05) is 38.8 Å². The largest absolute Gasteiger partial charge is 0.494 e. The number of hydrogen-bond donors (Lipinski definition) is 1. The summed E-state index contributed by atoms with van der Waals surface area (Å²) >= 11 is 5.64. The number of thiocarbonyl (C=S) groups is 1. The minimum absolute atomic E-state index is 0.101. The number of rotatable bonds is 10. The van der Waals surface area contributed by atoms with Gasteiger partial charge in [-0.25, -0.2) is 0 Å². The molecule has 1 aliphatic rings. The molecule has 8 nitrogen and oxygen atoms in total. The van der Waals surface area contributed by atoms with Crippen molar-refractivity contribution in [3.63, 3.8) is 0 Å². The van der Waals surface area contributed by atoms with Crippen LogP contribution in [-0.2, 0) is 27.3 Å². The van der Waals surface area contributed by atoms with Gasteiger partial charge >= 0.3 is 0 Å². The number of benzene rings is 2. The minimum Gasteiger partial charge on any atom is -0.494 e. The van der Waals surface area contributed by atoms with Gasteiger partial charge in [-0.05, 0) is 61.5 Å². The average Bonchev–Trinajstić information content (AvgIpc) is 3.34. The van der Waals surface area contributed by atoms with Crippen LogP contribution in [0, 0.1) is 0 Å². The maximum atomic E-state index is 13.5. The minimum atomic E-state index is -0.207. The number of nitrogens with zero attached hydrogens (tertiary/aromatic N) is 3. The number of carbonyl (C=O) groups excluding carboxylic acids is 2.